The number of carboxylic acids is 1. The molecule has 3 aromatic rings. The molecular formula is C12H11N5O2. The molecule has 0 aliphatic rings. The molecule has 0 spiro atoms. The molecule has 0 amide bonds. The molecule has 0 aliphatic heterocycles. The number of nitrogens with zero attached hydrogens (tertiary/aromatic N) is 2. The molecule has 0 saturated heterocycles. The van der Waals surface area contributed by atoms with Crippen molar-refractivity contribution in [3.63, 3.8) is 0 Å². The van der Waals surface area contributed by atoms with E-state index >= 15 is 0 Å². The molecule has 0 saturated carbocycles. The van der Waals surface area contributed by atoms with Gasteiger partial charge in [-0.1, -0.05) is 0 Å². The Balaban J connectivity index is 1.78. The molecule has 19 heavy (non-hydrogen) atoms. The second-order valence-electron chi connectivity index (χ2n) is 4.04. The third-order valence-electron chi connectivity index (χ3n) is 2.78. The Morgan fingerprint density at radius 2 is 2.32 bits per heavy atom. The van der Waals surface area contributed by atoms with E-state index in [1.807, 2.05) is 18.3 Å². The molecule has 7 heteroatoms. The molecule has 0 fully saturated rings. The maximum atomic E-state index is 10.7. The van der Waals surface area contributed by atoms with E-state index in [1.54, 1.807) is 6.20 Å². The van der Waals surface area contributed by atoms with Crippen LogP contribution in [0.1, 0.15) is 16.2 Å². The highest BCUT2D eigenvalue weighted by Crippen LogP contribution is 2.19. The SMILES string of the molecule is O=C(O)c1cc(CNc2nccc3[nH]ccc23)[nH]n1. The Labute approximate surface area is 107 Å². The lowest BCUT2D eigenvalue weighted by Crippen LogP contribution is -2.01. The number of fused-ring (bicyclic) bond motifs is 1. The van der Waals surface area contributed by atoms with Crippen molar-refractivity contribution in [2.45, 2.75) is 6.54 Å². The fraction of sp³-hybridized carbons (Fsp3) is 0.0833. The number of carboxylic acid groups (broad SMARTS) is 1. The first-order valence-electron chi connectivity index (χ1n) is 5.67. The molecule has 3 rings (SSSR count). The van der Waals surface area contributed by atoms with Gasteiger partial charge >= 0.3 is 5.97 Å². The van der Waals surface area contributed by atoms with Gasteiger partial charge in [-0.2, -0.15) is 5.10 Å². The summed E-state index contributed by atoms with van der Waals surface area (Å²) < 4.78 is 0. The molecule has 0 aliphatic carbocycles. The first kappa shape index (κ1) is 11.3. The van der Waals surface area contributed by atoms with Crippen molar-refractivity contribution in [2.24, 2.45) is 0 Å². The lowest BCUT2D eigenvalue weighted by atomic mass is 10.3. The van der Waals surface area contributed by atoms with Crippen LogP contribution in [-0.2, 0) is 6.54 Å². The number of aromatic amines is 2. The van der Waals surface area contributed by atoms with Crippen molar-refractivity contribution < 1.29 is 9.90 Å². The minimum atomic E-state index is -1.05. The summed E-state index contributed by atoms with van der Waals surface area (Å²) in [5, 5.41) is 19.3. The summed E-state index contributed by atoms with van der Waals surface area (Å²) in [5.74, 6) is -0.307. The summed E-state index contributed by atoms with van der Waals surface area (Å²) in [6, 6.07) is 5.31. The fourth-order valence-electron chi connectivity index (χ4n) is 1.86. The average molecular weight is 257 g/mol. The number of rotatable bonds is 4. The zero-order valence-electron chi connectivity index (χ0n) is 9.84. The number of anilines is 1. The van der Waals surface area contributed by atoms with E-state index in [2.05, 4.69) is 25.5 Å². The zero-order chi connectivity index (χ0) is 13.2. The maximum absolute atomic E-state index is 10.7. The number of pyridine rings is 1. The number of H-pyrrole nitrogens is 2. The molecule has 7 nitrogen and oxygen atoms in total. The van der Waals surface area contributed by atoms with Crippen LogP contribution in [0.2, 0.25) is 0 Å². The normalized spacial score (nSPS) is 10.7. The highest BCUT2D eigenvalue weighted by Gasteiger charge is 2.08. The first-order valence-corrected chi connectivity index (χ1v) is 5.67. The van der Waals surface area contributed by atoms with E-state index in [1.165, 1.54) is 6.07 Å². The number of hydrogen-bond acceptors (Lipinski definition) is 4. The van der Waals surface area contributed by atoms with Gasteiger partial charge in [0, 0.05) is 17.8 Å². The molecule has 0 aromatic carbocycles. The zero-order valence-corrected chi connectivity index (χ0v) is 9.84. The molecule has 0 radical (unpaired) electrons. The van der Waals surface area contributed by atoms with Gasteiger partial charge < -0.3 is 15.4 Å². The quantitative estimate of drug-likeness (QED) is 0.568. The van der Waals surface area contributed by atoms with Crippen LogP contribution in [-0.4, -0.2) is 31.2 Å². The lowest BCUT2D eigenvalue weighted by Gasteiger charge is -2.04. The van der Waals surface area contributed by atoms with Crippen LogP contribution in [0, 0.1) is 0 Å². The highest BCUT2D eigenvalue weighted by molar-refractivity contribution is 5.89. The molecule has 0 bridgehead atoms. The molecule has 3 aromatic heterocycles. The predicted molar refractivity (Wildman–Crippen MR) is 69.0 cm³/mol. The standard InChI is InChI=1S/C12H11N5O2/c18-12(19)10-5-7(16-17-10)6-15-11-8-1-3-13-9(8)2-4-14-11/h1-5,13H,6H2,(H,14,15)(H,16,17)(H,18,19). The van der Waals surface area contributed by atoms with Crippen LogP contribution in [0.4, 0.5) is 5.82 Å². The second-order valence-corrected chi connectivity index (χ2v) is 4.04. The van der Waals surface area contributed by atoms with E-state index < -0.39 is 5.97 Å². The van der Waals surface area contributed by atoms with E-state index in [0.717, 1.165) is 16.7 Å². The lowest BCUT2D eigenvalue weighted by molar-refractivity contribution is 0.0690. The molecule has 3 heterocycles. The molecule has 4 N–H and O–H groups in total. The summed E-state index contributed by atoms with van der Waals surface area (Å²) in [6.07, 6.45) is 3.55. The third kappa shape index (κ3) is 2.13. The summed E-state index contributed by atoms with van der Waals surface area (Å²) in [7, 11) is 0. The van der Waals surface area contributed by atoms with Crippen LogP contribution >= 0.6 is 0 Å². The molecule has 96 valence electrons. The summed E-state index contributed by atoms with van der Waals surface area (Å²) >= 11 is 0. The number of nitrogens with one attached hydrogen (secondary N) is 3. The Bertz CT molecular complexity index is 730. The van der Waals surface area contributed by atoms with Crippen molar-refractivity contribution in [1.29, 1.82) is 0 Å². The van der Waals surface area contributed by atoms with Crippen LogP contribution in [0.5, 0.6) is 0 Å². The largest absolute Gasteiger partial charge is 0.476 e. The topological polar surface area (TPSA) is 107 Å². The van der Waals surface area contributed by atoms with Crippen LogP contribution in [0.15, 0.2) is 30.6 Å². The average Bonchev–Trinajstić information content (AvgIpc) is 3.05. The number of aromatic nitrogens is 4. The highest BCUT2D eigenvalue weighted by atomic mass is 16.4. The third-order valence-corrected chi connectivity index (χ3v) is 2.78. The predicted octanol–water partition coefficient (Wildman–Crippen LogP) is 1.60. The van der Waals surface area contributed by atoms with Gasteiger partial charge in [-0.05, 0) is 18.2 Å². The Hall–Kier alpha value is -2.83. The van der Waals surface area contributed by atoms with E-state index in [4.69, 9.17) is 5.11 Å². The number of hydrogen-bond donors (Lipinski definition) is 4. The Kier molecular flexibility index (Phi) is 2.64. The van der Waals surface area contributed by atoms with Gasteiger partial charge in [0.2, 0.25) is 0 Å². The van der Waals surface area contributed by atoms with Crippen molar-refractivity contribution in [3.05, 3.63) is 42.0 Å². The van der Waals surface area contributed by atoms with Gasteiger partial charge in [-0.15, -0.1) is 0 Å². The number of carbonyl (C=O) groups is 1. The van der Waals surface area contributed by atoms with Gasteiger partial charge in [0.05, 0.1) is 17.8 Å². The van der Waals surface area contributed by atoms with Crippen molar-refractivity contribution in [1.82, 2.24) is 20.2 Å². The summed E-state index contributed by atoms with van der Waals surface area (Å²) in [6.45, 7) is 0.428. The van der Waals surface area contributed by atoms with Gasteiger partial charge in [-0.25, -0.2) is 9.78 Å². The first-order chi connectivity index (χ1) is 9.24. The van der Waals surface area contributed by atoms with Crippen LogP contribution in [0.25, 0.3) is 10.9 Å². The fourth-order valence-corrected chi connectivity index (χ4v) is 1.86. The Morgan fingerprint density at radius 1 is 1.42 bits per heavy atom. The second kappa shape index (κ2) is 4.45. The molecule has 0 unspecified atom stereocenters. The van der Waals surface area contributed by atoms with Gasteiger partial charge in [0.15, 0.2) is 5.69 Å². The molecular weight excluding hydrogens is 246 g/mol. The number of aromatic carboxylic acids is 1. The smallest absolute Gasteiger partial charge is 0.356 e. The van der Waals surface area contributed by atoms with E-state index in [9.17, 15) is 4.79 Å². The van der Waals surface area contributed by atoms with Crippen molar-refractivity contribution in [2.75, 3.05) is 5.32 Å². The van der Waals surface area contributed by atoms with Gasteiger partial charge in [-0.3, -0.25) is 5.10 Å². The summed E-state index contributed by atoms with van der Waals surface area (Å²) in [4.78, 5) is 18.1. The van der Waals surface area contributed by atoms with Gasteiger partial charge in [0.25, 0.3) is 0 Å². The van der Waals surface area contributed by atoms with Crippen LogP contribution < -0.4 is 5.32 Å². The summed E-state index contributed by atoms with van der Waals surface area (Å²) in [5.41, 5.74) is 1.68. The van der Waals surface area contributed by atoms with Crippen molar-refractivity contribution >= 4 is 22.7 Å². The van der Waals surface area contributed by atoms with E-state index in [-0.39, 0.29) is 5.69 Å². The monoisotopic (exact) mass is 257 g/mol. The Morgan fingerprint density at radius 3 is 3.11 bits per heavy atom. The molecule has 0 atom stereocenters. The van der Waals surface area contributed by atoms with Crippen LogP contribution in [0.3, 0.4) is 0 Å². The van der Waals surface area contributed by atoms with Gasteiger partial charge in [0.1, 0.15) is 5.82 Å². The van der Waals surface area contributed by atoms with Crippen molar-refractivity contribution in [3.8, 4) is 0 Å². The maximum Gasteiger partial charge on any atom is 0.356 e. The minimum absolute atomic E-state index is 0.00427. The minimum Gasteiger partial charge on any atom is -0.476 e. The van der Waals surface area contributed by atoms with E-state index in [0.29, 0.717) is 12.2 Å².